The van der Waals surface area contributed by atoms with Gasteiger partial charge in [0.1, 0.15) is 0 Å². The highest BCUT2D eigenvalue weighted by atomic mass is 15.2. The molecule has 300 valence electrons. The maximum Gasteiger partial charge on any atom is 0.160 e. The average Bonchev–Trinajstić information content (AvgIpc) is 3.37. The molecule has 1 aliphatic heterocycles. The van der Waals surface area contributed by atoms with Crippen LogP contribution in [-0.2, 0) is 5.41 Å². The summed E-state index contributed by atoms with van der Waals surface area (Å²) in [7, 11) is 0. The maximum absolute atomic E-state index is 5.24. The highest BCUT2D eigenvalue weighted by molar-refractivity contribution is 5.93. The number of fused-ring (bicyclic) bond motifs is 2. The Kier molecular flexibility index (Phi) is 10.6. The Labute approximate surface area is 370 Å². The lowest BCUT2D eigenvalue weighted by Gasteiger charge is -2.47. The molecular formula is C60H45N3. The van der Waals surface area contributed by atoms with Crippen LogP contribution in [0.5, 0.6) is 0 Å². The average molecular weight is 808 g/mol. The summed E-state index contributed by atoms with van der Waals surface area (Å²) in [5.41, 5.74) is 16.7. The van der Waals surface area contributed by atoms with Crippen LogP contribution in [0.2, 0.25) is 0 Å². The highest BCUT2D eigenvalue weighted by Gasteiger charge is 2.47. The number of benzene rings is 8. The lowest BCUT2D eigenvalue weighted by molar-refractivity contribution is 0.732. The number of hydrogen-bond acceptors (Lipinski definition) is 3. The van der Waals surface area contributed by atoms with E-state index >= 15 is 0 Å². The smallest absolute Gasteiger partial charge is 0.160 e. The van der Waals surface area contributed by atoms with Gasteiger partial charge in [-0.1, -0.05) is 207 Å². The van der Waals surface area contributed by atoms with Crippen molar-refractivity contribution in [1.82, 2.24) is 9.97 Å². The zero-order chi connectivity index (χ0) is 42.6. The fourth-order valence-corrected chi connectivity index (χ4v) is 9.17. The van der Waals surface area contributed by atoms with E-state index in [0.29, 0.717) is 5.82 Å². The largest absolute Gasteiger partial charge is 0.310 e. The second kappa shape index (κ2) is 17.1. The van der Waals surface area contributed by atoms with Gasteiger partial charge in [-0.05, 0) is 99.5 Å². The summed E-state index contributed by atoms with van der Waals surface area (Å²) < 4.78 is 0. The van der Waals surface area contributed by atoms with Crippen molar-refractivity contribution in [3.05, 3.63) is 277 Å². The minimum Gasteiger partial charge on any atom is -0.310 e. The third-order valence-electron chi connectivity index (χ3n) is 12.1. The predicted octanol–water partition coefficient (Wildman–Crippen LogP) is 15.5. The van der Waals surface area contributed by atoms with Gasteiger partial charge in [-0.15, -0.1) is 0 Å². The second-order valence-corrected chi connectivity index (χ2v) is 15.7. The maximum atomic E-state index is 5.24. The van der Waals surface area contributed by atoms with E-state index in [1.54, 1.807) is 6.08 Å². The van der Waals surface area contributed by atoms with Crippen molar-refractivity contribution < 1.29 is 0 Å². The quantitative estimate of drug-likeness (QED) is 0.129. The number of rotatable bonds is 10. The monoisotopic (exact) mass is 807 g/mol. The predicted molar refractivity (Wildman–Crippen MR) is 263 cm³/mol. The van der Waals surface area contributed by atoms with E-state index in [0.717, 1.165) is 56.3 Å². The lowest BCUT2D eigenvalue weighted by Crippen LogP contribution is -2.38. The van der Waals surface area contributed by atoms with Crippen LogP contribution in [0.1, 0.15) is 34.9 Å². The molecule has 9 aromatic rings. The molecule has 1 aliphatic rings. The van der Waals surface area contributed by atoms with Crippen molar-refractivity contribution in [3.63, 3.8) is 0 Å². The van der Waals surface area contributed by atoms with E-state index in [9.17, 15) is 0 Å². The summed E-state index contributed by atoms with van der Waals surface area (Å²) in [6.45, 7) is 5.95. The van der Waals surface area contributed by atoms with Gasteiger partial charge in [0.05, 0.1) is 28.2 Å². The molecule has 0 unspecified atom stereocenters. The first-order valence-electron chi connectivity index (χ1n) is 21.5. The standard InChI is InChI=1S/C60H45N3/c1-3-5-22-43(4-2)55-42-56(62-59(61-55)46-27-15-8-16-28-46)49-29-21-34-52(39-49)63-57-37-35-47(44-23-11-6-12-24-44)40-53(57)60(50-30-17-9-18-31-50,51-32-19-10-20-33-51)54-41-48(36-38-58(54)63)45-25-13-7-14-26-45/h3-42H,1H2,2H3. The van der Waals surface area contributed by atoms with Crippen molar-refractivity contribution in [3.8, 4) is 44.9 Å². The third-order valence-corrected chi connectivity index (χ3v) is 12.1. The fourth-order valence-electron chi connectivity index (χ4n) is 9.17. The van der Waals surface area contributed by atoms with Crippen LogP contribution in [0.3, 0.4) is 0 Å². The van der Waals surface area contributed by atoms with E-state index in [4.69, 9.17) is 9.97 Å². The minimum absolute atomic E-state index is 0.672. The van der Waals surface area contributed by atoms with Crippen molar-refractivity contribution in [1.29, 1.82) is 0 Å². The molecule has 3 nitrogen and oxygen atoms in total. The first-order chi connectivity index (χ1) is 31.1. The lowest BCUT2D eigenvalue weighted by atomic mass is 9.62. The van der Waals surface area contributed by atoms with Crippen LogP contribution in [0, 0.1) is 0 Å². The van der Waals surface area contributed by atoms with Crippen molar-refractivity contribution >= 4 is 22.6 Å². The van der Waals surface area contributed by atoms with Crippen LogP contribution in [0.4, 0.5) is 17.1 Å². The van der Waals surface area contributed by atoms with E-state index in [1.165, 1.54) is 33.4 Å². The van der Waals surface area contributed by atoms with Crippen LogP contribution in [-0.4, -0.2) is 9.97 Å². The molecule has 0 spiro atoms. The fraction of sp³-hybridized carbons (Fsp3) is 0.0333. The molecule has 0 radical (unpaired) electrons. The van der Waals surface area contributed by atoms with E-state index in [-0.39, 0.29) is 0 Å². The van der Waals surface area contributed by atoms with Crippen molar-refractivity contribution in [2.45, 2.75) is 12.3 Å². The van der Waals surface area contributed by atoms with Crippen molar-refractivity contribution in [2.24, 2.45) is 0 Å². The van der Waals surface area contributed by atoms with Gasteiger partial charge in [0.25, 0.3) is 0 Å². The van der Waals surface area contributed by atoms with Crippen LogP contribution < -0.4 is 4.90 Å². The Morgan fingerprint density at radius 3 is 1.48 bits per heavy atom. The van der Waals surface area contributed by atoms with Gasteiger partial charge < -0.3 is 4.90 Å². The molecule has 0 saturated carbocycles. The van der Waals surface area contributed by atoms with Gasteiger partial charge in [-0.25, -0.2) is 9.97 Å². The molecular weight excluding hydrogens is 763 g/mol. The molecule has 1 aromatic heterocycles. The number of aromatic nitrogens is 2. The molecule has 0 saturated heterocycles. The Hall–Kier alpha value is -8.14. The molecule has 63 heavy (non-hydrogen) atoms. The summed E-state index contributed by atoms with van der Waals surface area (Å²) in [6, 6.07) is 78.6. The van der Waals surface area contributed by atoms with Crippen LogP contribution in [0.25, 0.3) is 50.5 Å². The number of allylic oxidation sites excluding steroid dienone is 5. The molecule has 2 heterocycles. The highest BCUT2D eigenvalue weighted by Crippen LogP contribution is 2.59. The normalized spacial score (nSPS) is 13.0. The number of anilines is 3. The van der Waals surface area contributed by atoms with Gasteiger partial charge in [0, 0.05) is 16.8 Å². The van der Waals surface area contributed by atoms with Gasteiger partial charge in [-0.2, -0.15) is 0 Å². The van der Waals surface area contributed by atoms with E-state index in [1.807, 2.05) is 37.3 Å². The summed E-state index contributed by atoms with van der Waals surface area (Å²) in [5, 5.41) is 0. The molecule has 0 amide bonds. The van der Waals surface area contributed by atoms with Gasteiger partial charge in [0.15, 0.2) is 5.82 Å². The van der Waals surface area contributed by atoms with Gasteiger partial charge in [-0.3, -0.25) is 0 Å². The first kappa shape index (κ1) is 39.0. The Morgan fingerprint density at radius 1 is 0.476 bits per heavy atom. The molecule has 8 aromatic carbocycles. The molecule has 10 rings (SSSR count). The SMILES string of the molecule is C=CC=CC(=CC)c1cc(-c2cccc(N3c4ccc(-c5ccccc5)cc4C(c4ccccc4)(c4ccccc4)c4cc(-c5ccccc5)ccc43)c2)nc(-c2ccccc2)n1. The Morgan fingerprint density at radius 2 is 0.968 bits per heavy atom. The van der Waals surface area contributed by atoms with Gasteiger partial charge in [0.2, 0.25) is 0 Å². The molecule has 0 aliphatic carbocycles. The summed E-state index contributed by atoms with van der Waals surface area (Å²) in [4.78, 5) is 12.8. The third kappa shape index (κ3) is 7.20. The zero-order valence-corrected chi connectivity index (χ0v) is 35.1. The summed E-state index contributed by atoms with van der Waals surface area (Å²) >= 11 is 0. The zero-order valence-electron chi connectivity index (χ0n) is 35.1. The van der Waals surface area contributed by atoms with E-state index in [2.05, 4.69) is 218 Å². The Balaban J connectivity index is 1.26. The number of nitrogens with zero attached hydrogens (tertiary/aromatic N) is 3. The minimum atomic E-state index is -0.676. The number of hydrogen-bond donors (Lipinski definition) is 0. The molecule has 0 atom stereocenters. The second-order valence-electron chi connectivity index (χ2n) is 15.7. The summed E-state index contributed by atoms with van der Waals surface area (Å²) in [6.07, 6.45) is 7.86. The van der Waals surface area contributed by atoms with Crippen LogP contribution in [0.15, 0.2) is 249 Å². The Bertz CT molecular complexity index is 2990. The molecule has 0 fully saturated rings. The molecule has 3 heteroatoms. The van der Waals surface area contributed by atoms with E-state index < -0.39 is 5.41 Å². The first-order valence-corrected chi connectivity index (χ1v) is 21.5. The van der Waals surface area contributed by atoms with Crippen LogP contribution >= 0.6 is 0 Å². The molecule has 0 N–H and O–H groups in total. The van der Waals surface area contributed by atoms with Gasteiger partial charge >= 0.3 is 0 Å². The topological polar surface area (TPSA) is 29.0 Å². The summed E-state index contributed by atoms with van der Waals surface area (Å²) in [5.74, 6) is 0.672. The molecule has 0 bridgehead atoms. The van der Waals surface area contributed by atoms with Crippen molar-refractivity contribution in [2.75, 3.05) is 4.90 Å².